The van der Waals surface area contributed by atoms with Crippen LogP contribution in [0, 0.1) is 5.41 Å². The molecule has 0 saturated heterocycles. The molecule has 2 aromatic heterocycles. The van der Waals surface area contributed by atoms with Crippen LogP contribution < -0.4 is 22.1 Å². The number of hydrogen-bond donors (Lipinski definition) is 4. The molecule has 0 radical (unpaired) electrons. The second-order valence-corrected chi connectivity index (χ2v) is 6.57. The maximum Gasteiger partial charge on any atom is 0.280 e. The van der Waals surface area contributed by atoms with E-state index < -0.39 is 28.8 Å². The van der Waals surface area contributed by atoms with Crippen LogP contribution in [-0.2, 0) is 16.3 Å². The largest absolute Gasteiger partial charge is 0.545 e. The molecule has 0 aliphatic heterocycles. The Labute approximate surface area is 154 Å². The number of H-pyrrole nitrogens is 1. The van der Waals surface area contributed by atoms with E-state index in [4.69, 9.17) is 16.2 Å². The molecule has 0 fully saturated rings. The SMILES string of the molecule is C[C@H](O)CC(C)(C)C(N)(OCn1cnc2c(=O)[nH]c(N)nc21)C(=O)[O-].Cl. The molecule has 0 aliphatic rings. The zero-order valence-electron chi connectivity index (χ0n) is 14.6. The number of nitrogens with zero attached hydrogens (tertiary/aromatic N) is 3. The van der Waals surface area contributed by atoms with Gasteiger partial charge in [0.1, 0.15) is 6.73 Å². The van der Waals surface area contributed by atoms with Gasteiger partial charge in [0.05, 0.1) is 18.4 Å². The van der Waals surface area contributed by atoms with Gasteiger partial charge in [-0.2, -0.15) is 4.98 Å². The Morgan fingerprint density at radius 3 is 2.69 bits per heavy atom. The fraction of sp³-hybridized carbons (Fsp3) is 0.571. The molecule has 0 spiro atoms. The van der Waals surface area contributed by atoms with E-state index in [1.165, 1.54) is 17.8 Å². The molecular formula is C14H22ClN6O5-. The van der Waals surface area contributed by atoms with Gasteiger partial charge in [-0.1, -0.05) is 13.8 Å². The van der Waals surface area contributed by atoms with Gasteiger partial charge in [-0.05, 0) is 13.3 Å². The molecule has 1 unspecified atom stereocenters. The van der Waals surface area contributed by atoms with Crippen molar-refractivity contribution in [2.45, 2.75) is 45.8 Å². The fourth-order valence-electron chi connectivity index (χ4n) is 2.66. The monoisotopic (exact) mass is 389 g/mol. The number of aromatic amines is 1. The third-order valence-corrected chi connectivity index (χ3v) is 4.04. The number of ether oxygens (including phenoxy) is 1. The van der Waals surface area contributed by atoms with Crippen molar-refractivity contribution in [2.75, 3.05) is 5.73 Å². The van der Waals surface area contributed by atoms with Crippen LogP contribution in [0.1, 0.15) is 27.2 Å². The summed E-state index contributed by atoms with van der Waals surface area (Å²) in [6.07, 6.45) is 0.520. The molecule has 2 aromatic rings. The van der Waals surface area contributed by atoms with Crippen molar-refractivity contribution in [3.8, 4) is 0 Å². The third kappa shape index (κ3) is 3.96. The standard InChI is InChI=1S/C14H22N6O5.ClH/c1-7(21)4-13(2,3)14(16,11(23)24)25-6-20-5-17-8-9(20)18-12(15)19-10(8)22;/h5,7,21H,4,6,16H2,1-3H3,(H,23,24)(H3,15,18,19,22);1H/p-1/t7-,14?;/m0./s1. The number of anilines is 1. The summed E-state index contributed by atoms with van der Waals surface area (Å²) in [5, 5.41) is 21.2. The number of aliphatic hydroxyl groups excluding tert-OH is 1. The summed E-state index contributed by atoms with van der Waals surface area (Å²) < 4.78 is 6.72. The number of carbonyl (C=O) groups is 1. The number of carboxylic acid groups (broad SMARTS) is 1. The van der Waals surface area contributed by atoms with Crippen LogP contribution in [0.15, 0.2) is 11.1 Å². The lowest BCUT2D eigenvalue weighted by Crippen LogP contribution is -2.66. The number of nitrogens with one attached hydrogen (secondary N) is 1. The number of aliphatic hydroxyl groups is 1. The molecular weight excluding hydrogens is 368 g/mol. The molecule has 11 nitrogen and oxygen atoms in total. The quantitative estimate of drug-likeness (QED) is 0.400. The van der Waals surface area contributed by atoms with Gasteiger partial charge >= 0.3 is 0 Å². The van der Waals surface area contributed by atoms with E-state index in [-0.39, 0.29) is 42.7 Å². The highest BCUT2D eigenvalue weighted by molar-refractivity contribution is 5.85. The highest BCUT2D eigenvalue weighted by Gasteiger charge is 2.45. The van der Waals surface area contributed by atoms with Crippen molar-refractivity contribution in [3.05, 3.63) is 16.7 Å². The van der Waals surface area contributed by atoms with Crippen LogP contribution in [0.25, 0.3) is 11.2 Å². The number of aromatic nitrogens is 4. The molecule has 0 saturated carbocycles. The molecule has 2 rings (SSSR count). The van der Waals surface area contributed by atoms with Crippen molar-refractivity contribution < 1.29 is 19.7 Å². The summed E-state index contributed by atoms with van der Waals surface area (Å²) in [7, 11) is 0. The van der Waals surface area contributed by atoms with Crippen molar-refractivity contribution in [2.24, 2.45) is 11.1 Å². The highest BCUT2D eigenvalue weighted by atomic mass is 35.5. The van der Waals surface area contributed by atoms with Crippen LogP contribution in [0.2, 0.25) is 0 Å². The number of carboxylic acids is 1. The van der Waals surface area contributed by atoms with E-state index in [2.05, 4.69) is 15.0 Å². The van der Waals surface area contributed by atoms with Crippen LogP contribution in [0.4, 0.5) is 5.95 Å². The van der Waals surface area contributed by atoms with Crippen molar-refractivity contribution >= 4 is 35.5 Å². The Balaban J connectivity index is 0.00000338. The van der Waals surface area contributed by atoms with Crippen LogP contribution >= 0.6 is 12.4 Å². The minimum atomic E-state index is -2.20. The molecule has 146 valence electrons. The third-order valence-electron chi connectivity index (χ3n) is 4.04. The van der Waals surface area contributed by atoms with Gasteiger partial charge in [0.25, 0.3) is 5.56 Å². The Morgan fingerprint density at radius 1 is 1.54 bits per heavy atom. The van der Waals surface area contributed by atoms with Gasteiger partial charge in [-0.25, -0.2) is 4.98 Å². The van der Waals surface area contributed by atoms with Crippen molar-refractivity contribution in [3.63, 3.8) is 0 Å². The first-order valence-corrected chi connectivity index (χ1v) is 7.51. The first-order chi connectivity index (χ1) is 11.5. The van der Waals surface area contributed by atoms with Crippen LogP contribution in [0.3, 0.4) is 0 Å². The Hall–Kier alpha value is -2.21. The van der Waals surface area contributed by atoms with Gasteiger partial charge in [-0.3, -0.25) is 20.1 Å². The molecule has 2 heterocycles. The van der Waals surface area contributed by atoms with E-state index in [1.54, 1.807) is 13.8 Å². The summed E-state index contributed by atoms with van der Waals surface area (Å²) in [5.74, 6) is -1.75. The average Bonchev–Trinajstić information content (AvgIpc) is 2.86. The molecule has 6 N–H and O–H groups in total. The molecule has 12 heteroatoms. The fourth-order valence-corrected chi connectivity index (χ4v) is 2.66. The van der Waals surface area contributed by atoms with Gasteiger partial charge in [-0.15, -0.1) is 12.4 Å². The van der Waals surface area contributed by atoms with Crippen molar-refractivity contribution in [1.82, 2.24) is 19.5 Å². The lowest BCUT2D eigenvalue weighted by molar-refractivity contribution is -0.338. The number of fused-ring (bicyclic) bond motifs is 1. The molecule has 0 amide bonds. The minimum absolute atomic E-state index is 0. The number of aliphatic carboxylic acids is 1. The summed E-state index contributed by atoms with van der Waals surface area (Å²) in [5.41, 5.74) is 7.71. The second kappa shape index (κ2) is 7.58. The average molecular weight is 390 g/mol. The minimum Gasteiger partial charge on any atom is -0.545 e. The van der Waals surface area contributed by atoms with E-state index in [1.807, 2.05) is 0 Å². The molecule has 2 atom stereocenters. The summed E-state index contributed by atoms with van der Waals surface area (Å²) in [6, 6.07) is 0. The van der Waals surface area contributed by atoms with Gasteiger partial charge in [0.15, 0.2) is 16.9 Å². The Bertz CT molecular complexity index is 848. The van der Waals surface area contributed by atoms with Gasteiger partial charge < -0.3 is 25.5 Å². The normalized spacial score (nSPS) is 15.3. The topological polar surface area (TPSA) is 185 Å². The zero-order chi connectivity index (χ0) is 19.0. The Kier molecular flexibility index (Phi) is 6.36. The lowest BCUT2D eigenvalue weighted by atomic mass is 9.77. The first kappa shape index (κ1) is 21.8. The molecule has 0 aromatic carbocycles. The van der Waals surface area contributed by atoms with E-state index >= 15 is 0 Å². The highest BCUT2D eigenvalue weighted by Crippen LogP contribution is 2.35. The van der Waals surface area contributed by atoms with E-state index in [9.17, 15) is 19.8 Å². The second-order valence-electron chi connectivity index (χ2n) is 6.57. The number of nitrogens with two attached hydrogens (primary N) is 2. The van der Waals surface area contributed by atoms with E-state index in [0.29, 0.717) is 0 Å². The number of halogens is 1. The summed E-state index contributed by atoms with van der Waals surface area (Å²) in [4.78, 5) is 33.5. The number of hydrogen-bond acceptors (Lipinski definition) is 9. The predicted octanol–water partition coefficient (Wildman–Crippen LogP) is -1.70. The predicted molar refractivity (Wildman–Crippen MR) is 92.9 cm³/mol. The smallest absolute Gasteiger partial charge is 0.280 e. The van der Waals surface area contributed by atoms with Gasteiger partial charge in [0, 0.05) is 5.41 Å². The molecule has 26 heavy (non-hydrogen) atoms. The van der Waals surface area contributed by atoms with Gasteiger partial charge in [0.2, 0.25) is 5.95 Å². The van der Waals surface area contributed by atoms with Crippen molar-refractivity contribution in [1.29, 1.82) is 0 Å². The maximum atomic E-state index is 11.8. The Morgan fingerprint density at radius 2 is 2.15 bits per heavy atom. The van der Waals surface area contributed by atoms with Crippen LogP contribution in [-0.4, -0.2) is 42.4 Å². The molecule has 0 aliphatic carbocycles. The number of nitrogen functional groups attached to an aromatic ring is 1. The number of rotatable bonds is 7. The number of imidazole rings is 1. The number of carbonyl (C=O) groups excluding carboxylic acids is 1. The summed E-state index contributed by atoms with van der Waals surface area (Å²) >= 11 is 0. The molecule has 0 bridgehead atoms. The lowest BCUT2D eigenvalue weighted by Gasteiger charge is -2.44. The first-order valence-electron chi connectivity index (χ1n) is 7.51. The van der Waals surface area contributed by atoms with E-state index in [0.717, 1.165) is 0 Å². The summed E-state index contributed by atoms with van der Waals surface area (Å²) in [6.45, 7) is 4.24. The van der Waals surface area contributed by atoms with Crippen LogP contribution in [0.5, 0.6) is 0 Å². The maximum absolute atomic E-state index is 11.8. The zero-order valence-corrected chi connectivity index (χ0v) is 15.4.